The van der Waals surface area contributed by atoms with Crippen LogP contribution in [0.25, 0.3) is 11.1 Å². The highest BCUT2D eigenvalue weighted by atomic mass is 19.1. The van der Waals surface area contributed by atoms with Crippen molar-refractivity contribution in [2.45, 2.75) is 19.3 Å². The molecule has 4 aromatic rings. The highest BCUT2D eigenvalue weighted by Gasteiger charge is 2.10. The SMILES string of the molecule is C[C@H](Cc1ccc(-c2ccc(C(=O)Oc3ccc(F)cc3)cc2)cc1)c1ccccc1. The molecular formula is C28H23FO2. The van der Waals surface area contributed by atoms with Gasteiger partial charge in [-0.1, -0.05) is 73.7 Å². The van der Waals surface area contributed by atoms with Crippen molar-refractivity contribution in [3.05, 3.63) is 126 Å². The number of hydrogen-bond donors (Lipinski definition) is 0. The van der Waals surface area contributed by atoms with Gasteiger partial charge < -0.3 is 4.74 Å². The third-order valence-corrected chi connectivity index (χ3v) is 5.34. The highest BCUT2D eigenvalue weighted by molar-refractivity contribution is 5.91. The molecule has 0 aliphatic carbocycles. The van der Waals surface area contributed by atoms with Gasteiger partial charge in [-0.15, -0.1) is 0 Å². The minimum atomic E-state index is -0.469. The van der Waals surface area contributed by atoms with E-state index in [1.807, 2.05) is 18.2 Å². The van der Waals surface area contributed by atoms with Crippen LogP contribution in [0.1, 0.15) is 34.3 Å². The zero-order valence-electron chi connectivity index (χ0n) is 17.3. The normalized spacial score (nSPS) is 11.7. The zero-order chi connectivity index (χ0) is 21.6. The van der Waals surface area contributed by atoms with Gasteiger partial charge in [0.25, 0.3) is 0 Å². The van der Waals surface area contributed by atoms with E-state index in [1.54, 1.807) is 12.1 Å². The van der Waals surface area contributed by atoms with Gasteiger partial charge in [-0.2, -0.15) is 0 Å². The fourth-order valence-electron chi connectivity index (χ4n) is 3.55. The third kappa shape index (κ3) is 5.26. The Morgan fingerprint density at radius 2 is 1.35 bits per heavy atom. The topological polar surface area (TPSA) is 26.3 Å². The molecule has 4 rings (SSSR count). The molecule has 3 heteroatoms. The van der Waals surface area contributed by atoms with Crippen LogP contribution < -0.4 is 4.74 Å². The van der Waals surface area contributed by atoms with Crippen molar-refractivity contribution in [2.24, 2.45) is 0 Å². The average Bonchev–Trinajstić information content (AvgIpc) is 2.82. The van der Waals surface area contributed by atoms with E-state index in [0.717, 1.165) is 17.5 Å². The van der Waals surface area contributed by atoms with E-state index in [1.165, 1.54) is 35.4 Å². The van der Waals surface area contributed by atoms with E-state index >= 15 is 0 Å². The van der Waals surface area contributed by atoms with Gasteiger partial charge in [0, 0.05) is 0 Å². The molecule has 0 radical (unpaired) electrons. The third-order valence-electron chi connectivity index (χ3n) is 5.34. The summed E-state index contributed by atoms with van der Waals surface area (Å²) in [5.74, 6) is -0.0673. The average molecular weight is 410 g/mol. The van der Waals surface area contributed by atoms with Gasteiger partial charge in [0.15, 0.2) is 0 Å². The number of carbonyl (C=O) groups is 1. The summed E-state index contributed by atoms with van der Waals surface area (Å²) < 4.78 is 18.3. The van der Waals surface area contributed by atoms with E-state index in [-0.39, 0.29) is 5.82 Å². The van der Waals surface area contributed by atoms with Crippen molar-refractivity contribution in [3.8, 4) is 16.9 Å². The fraction of sp³-hybridized carbons (Fsp3) is 0.107. The number of hydrogen-bond acceptors (Lipinski definition) is 2. The quantitative estimate of drug-likeness (QED) is 0.251. The molecule has 31 heavy (non-hydrogen) atoms. The summed E-state index contributed by atoms with van der Waals surface area (Å²) in [6.07, 6.45) is 0.985. The first-order chi connectivity index (χ1) is 15.1. The lowest BCUT2D eigenvalue weighted by molar-refractivity contribution is 0.0734. The molecule has 0 aliphatic heterocycles. The Balaban J connectivity index is 1.40. The highest BCUT2D eigenvalue weighted by Crippen LogP contribution is 2.24. The maximum absolute atomic E-state index is 13.0. The molecule has 0 unspecified atom stereocenters. The van der Waals surface area contributed by atoms with E-state index in [9.17, 15) is 9.18 Å². The van der Waals surface area contributed by atoms with Gasteiger partial charge in [-0.3, -0.25) is 0 Å². The van der Waals surface area contributed by atoms with Gasteiger partial charge in [0.1, 0.15) is 11.6 Å². The number of halogens is 1. The van der Waals surface area contributed by atoms with Gasteiger partial charge in [0.2, 0.25) is 0 Å². The Morgan fingerprint density at radius 1 is 0.774 bits per heavy atom. The molecule has 0 spiro atoms. The first kappa shape index (κ1) is 20.5. The first-order valence-corrected chi connectivity index (χ1v) is 10.3. The summed E-state index contributed by atoms with van der Waals surface area (Å²) in [7, 11) is 0. The number of rotatable bonds is 6. The van der Waals surface area contributed by atoms with E-state index < -0.39 is 5.97 Å². The van der Waals surface area contributed by atoms with Crippen molar-refractivity contribution in [2.75, 3.05) is 0 Å². The molecule has 1 atom stereocenters. The predicted molar refractivity (Wildman–Crippen MR) is 122 cm³/mol. The lowest BCUT2D eigenvalue weighted by Crippen LogP contribution is -2.08. The minimum absolute atomic E-state index is 0.316. The molecule has 0 N–H and O–H groups in total. The summed E-state index contributed by atoms with van der Waals surface area (Å²) in [6.45, 7) is 2.24. The van der Waals surface area contributed by atoms with Crippen LogP contribution in [0.4, 0.5) is 4.39 Å². The lowest BCUT2D eigenvalue weighted by Gasteiger charge is -2.12. The Labute approximate surface area is 182 Å². The largest absolute Gasteiger partial charge is 0.423 e. The maximum Gasteiger partial charge on any atom is 0.343 e. The molecule has 0 saturated carbocycles. The van der Waals surface area contributed by atoms with Crippen LogP contribution in [0, 0.1) is 5.82 Å². The number of carbonyl (C=O) groups excluding carboxylic acids is 1. The first-order valence-electron chi connectivity index (χ1n) is 10.3. The molecule has 0 aliphatic rings. The maximum atomic E-state index is 13.0. The molecular weight excluding hydrogens is 387 g/mol. The monoisotopic (exact) mass is 410 g/mol. The van der Waals surface area contributed by atoms with Crippen molar-refractivity contribution in [3.63, 3.8) is 0 Å². The number of esters is 1. The second-order valence-corrected chi connectivity index (χ2v) is 7.63. The van der Waals surface area contributed by atoms with Gasteiger partial charge in [0.05, 0.1) is 5.56 Å². The summed E-state index contributed by atoms with van der Waals surface area (Å²) in [5.41, 5.74) is 5.20. The molecule has 0 heterocycles. The lowest BCUT2D eigenvalue weighted by atomic mass is 9.93. The molecule has 0 aromatic heterocycles. The Hall–Kier alpha value is -3.72. The van der Waals surface area contributed by atoms with Crippen LogP contribution in [0.5, 0.6) is 5.75 Å². The standard InChI is InChI=1S/C28H23FO2/c1-20(22-5-3-2-4-6-22)19-21-7-9-23(10-8-21)24-11-13-25(14-12-24)28(30)31-27-17-15-26(29)16-18-27/h2-18,20H,19H2,1H3/t20-/m1/s1. The van der Waals surface area contributed by atoms with E-state index in [0.29, 0.717) is 17.2 Å². The van der Waals surface area contributed by atoms with Crippen molar-refractivity contribution < 1.29 is 13.9 Å². The fourth-order valence-corrected chi connectivity index (χ4v) is 3.55. The molecule has 154 valence electrons. The van der Waals surface area contributed by atoms with Crippen LogP contribution in [0.3, 0.4) is 0 Å². The molecule has 4 aromatic carbocycles. The van der Waals surface area contributed by atoms with Crippen LogP contribution in [0.15, 0.2) is 103 Å². The van der Waals surface area contributed by atoms with Gasteiger partial charge in [-0.05, 0) is 71.0 Å². The number of benzene rings is 4. The van der Waals surface area contributed by atoms with Crippen molar-refractivity contribution >= 4 is 5.97 Å². The molecule has 0 amide bonds. The van der Waals surface area contributed by atoms with E-state index in [2.05, 4.69) is 55.5 Å². The predicted octanol–water partition coefficient (Wildman–Crippen LogP) is 7.06. The van der Waals surface area contributed by atoms with Gasteiger partial charge in [-0.25, -0.2) is 9.18 Å². The van der Waals surface area contributed by atoms with Crippen LogP contribution >= 0.6 is 0 Å². The van der Waals surface area contributed by atoms with Crippen LogP contribution in [-0.2, 0) is 6.42 Å². The van der Waals surface area contributed by atoms with Crippen LogP contribution in [-0.4, -0.2) is 5.97 Å². The van der Waals surface area contributed by atoms with E-state index in [4.69, 9.17) is 4.74 Å². The Bertz CT molecular complexity index is 1130. The zero-order valence-corrected chi connectivity index (χ0v) is 17.3. The second kappa shape index (κ2) is 9.40. The van der Waals surface area contributed by atoms with Crippen LogP contribution in [0.2, 0.25) is 0 Å². The van der Waals surface area contributed by atoms with Crippen molar-refractivity contribution in [1.29, 1.82) is 0 Å². The molecule has 2 nitrogen and oxygen atoms in total. The van der Waals surface area contributed by atoms with Gasteiger partial charge >= 0.3 is 5.97 Å². The molecule has 0 saturated heterocycles. The summed E-state index contributed by atoms with van der Waals surface area (Å²) in [4.78, 5) is 12.3. The van der Waals surface area contributed by atoms with Crippen molar-refractivity contribution in [1.82, 2.24) is 0 Å². The Morgan fingerprint density at radius 3 is 1.97 bits per heavy atom. The summed E-state index contributed by atoms with van der Waals surface area (Å²) in [5, 5.41) is 0. The smallest absolute Gasteiger partial charge is 0.343 e. The molecule has 0 bridgehead atoms. The second-order valence-electron chi connectivity index (χ2n) is 7.63. The summed E-state index contributed by atoms with van der Waals surface area (Å²) >= 11 is 0. The Kier molecular flexibility index (Phi) is 6.23. The summed E-state index contributed by atoms with van der Waals surface area (Å²) in [6, 6.07) is 31.7. The minimum Gasteiger partial charge on any atom is -0.423 e. The molecule has 0 fully saturated rings. The number of ether oxygens (including phenoxy) is 1.